The van der Waals surface area contributed by atoms with E-state index in [1.165, 1.54) is 0 Å². The Morgan fingerprint density at radius 1 is 1.00 bits per heavy atom. The van der Waals surface area contributed by atoms with Gasteiger partial charge in [0.05, 0.1) is 16.5 Å². The van der Waals surface area contributed by atoms with Gasteiger partial charge < -0.3 is 10.4 Å². The topological polar surface area (TPSA) is 79.3 Å². The summed E-state index contributed by atoms with van der Waals surface area (Å²) in [6.45, 7) is 4.00. The van der Waals surface area contributed by atoms with Gasteiger partial charge in [0.1, 0.15) is 5.69 Å². The molecule has 3 aliphatic rings. The number of nitrogens with one attached hydrogen (secondary N) is 1. The fourth-order valence-corrected chi connectivity index (χ4v) is 5.58. The number of nitrogens with zero attached hydrogens (tertiary/aromatic N) is 1. The fraction of sp³-hybridized carbons (Fsp3) is 0.370. The first kappa shape index (κ1) is 24.3. The van der Waals surface area contributed by atoms with Crippen LogP contribution in [0.2, 0.25) is 0 Å². The molecule has 3 fully saturated rings. The van der Waals surface area contributed by atoms with Crippen molar-refractivity contribution in [1.82, 2.24) is 10.3 Å². The average Bonchev–Trinajstić information content (AvgIpc) is 2.86. The van der Waals surface area contributed by atoms with Crippen LogP contribution in [0.25, 0.3) is 22.2 Å². The van der Waals surface area contributed by atoms with Gasteiger partial charge in [-0.3, -0.25) is 9.59 Å². The minimum absolute atomic E-state index is 0.0230. The number of rotatable bonds is 4. The van der Waals surface area contributed by atoms with Crippen LogP contribution in [-0.4, -0.2) is 27.5 Å². The van der Waals surface area contributed by atoms with Gasteiger partial charge in [-0.1, -0.05) is 60.1 Å². The molecule has 2 aromatic carbocycles. The van der Waals surface area contributed by atoms with Gasteiger partial charge in [0.15, 0.2) is 5.82 Å². The van der Waals surface area contributed by atoms with Gasteiger partial charge in [-0.2, -0.15) is 0 Å². The molecular weight excluding hydrogens is 499 g/mol. The first-order valence-electron chi connectivity index (χ1n) is 11.7. The molecule has 6 rings (SSSR count). The van der Waals surface area contributed by atoms with Gasteiger partial charge in [-0.25, -0.2) is 9.37 Å². The lowest BCUT2D eigenvalue weighted by atomic mass is 9.57. The Hall–Kier alpha value is -2.80. The predicted molar refractivity (Wildman–Crippen MR) is 134 cm³/mol. The van der Waals surface area contributed by atoms with Crippen LogP contribution in [0.15, 0.2) is 53.0 Å². The third kappa shape index (κ3) is 4.22. The summed E-state index contributed by atoms with van der Waals surface area (Å²) in [5.74, 6) is -1.88. The molecular formula is C27H28BrFN2O3. The Morgan fingerprint density at radius 3 is 2.21 bits per heavy atom. The molecule has 3 saturated carbocycles. The summed E-state index contributed by atoms with van der Waals surface area (Å²) in [6.07, 6.45) is 3.36. The van der Waals surface area contributed by atoms with Gasteiger partial charge in [-0.15, -0.1) is 0 Å². The number of aliphatic carboxylic acids is 1. The van der Waals surface area contributed by atoms with Crippen LogP contribution < -0.4 is 5.32 Å². The van der Waals surface area contributed by atoms with Gasteiger partial charge in [0, 0.05) is 21.0 Å². The highest BCUT2D eigenvalue weighted by Gasteiger charge is 2.53. The Morgan fingerprint density at radius 2 is 1.62 bits per heavy atom. The number of benzene rings is 2. The third-order valence-electron chi connectivity index (χ3n) is 7.24. The van der Waals surface area contributed by atoms with Crippen molar-refractivity contribution < 1.29 is 19.1 Å². The molecule has 2 bridgehead atoms. The van der Waals surface area contributed by atoms with Gasteiger partial charge in [0.25, 0.3) is 5.91 Å². The largest absolute Gasteiger partial charge is 0.481 e. The zero-order valence-corrected chi connectivity index (χ0v) is 20.9. The number of carboxylic acids is 1. The molecule has 1 amide bonds. The van der Waals surface area contributed by atoms with Gasteiger partial charge in [-0.05, 0) is 56.7 Å². The highest BCUT2D eigenvalue weighted by Crippen LogP contribution is 2.52. The molecule has 34 heavy (non-hydrogen) atoms. The lowest BCUT2D eigenvalue weighted by Crippen LogP contribution is -2.58. The number of aromatic nitrogens is 1. The van der Waals surface area contributed by atoms with Crippen molar-refractivity contribution in [3.8, 4) is 11.3 Å². The number of halogens is 2. The monoisotopic (exact) mass is 526 g/mol. The molecule has 0 radical (unpaired) electrons. The predicted octanol–water partition coefficient (Wildman–Crippen LogP) is 6.74. The van der Waals surface area contributed by atoms with Crippen LogP contribution >= 0.6 is 15.9 Å². The summed E-state index contributed by atoms with van der Waals surface area (Å²) in [5.41, 5.74) is 0.0871. The third-order valence-corrected chi connectivity index (χ3v) is 7.73. The minimum Gasteiger partial charge on any atom is -0.481 e. The second kappa shape index (κ2) is 9.45. The number of hydrogen-bond acceptors (Lipinski definition) is 3. The van der Waals surface area contributed by atoms with E-state index in [0.29, 0.717) is 55.0 Å². The molecule has 3 aromatic rings. The normalized spacial score (nSPS) is 23.2. The molecule has 0 atom stereocenters. The maximum absolute atomic E-state index is 15.8. The van der Waals surface area contributed by atoms with Crippen LogP contribution in [-0.2, 0) is 4.79 Å². The molecule has 0 saturated heterocycles. The number of carboxylic acid groups (broad SMARTS) is 1. The smallest absolute Gasteiger partial charge is 0.309 e. The zero-order valence-electron chi connectivity index (χ0n) is 19.3. The van der Waals surface area contributed by atoms with E-state index >= 15 is 4.39 Å². The minimum atomic E-state index is -0.749. The Labute approximate surface area is 206 Å². The van der Waals surface area contributed by atoms with E-state index in [9.17, 15) is 14.7 Å². The van der Waals surface area contributed by atoms with E-state index in [1.54, 1.807) is 36.4 Å². The molecule has 2 N–H and O–H groups in total. The van der Waals surface area contributed by atoms with E-state index in [0.717, 1.165) is 4.47 Å². The van der Waals surface area contributed by atoms with Crippen LogP contribution in [0.3, 0.4) is 0 Å². The van der Waals surface area contributed by atoms with E-state index in [2.05, 4.69) is 26.2 Å². The number of amides is 1. The van der Waals surface area contributed by atoms with Crippen molar-refractivity contribution in [2.45, 2.75) is 57.9 Å². The summed E-state index contributed by atoms with van der Waals surface area (Å²) < 4.78 is 16.5. The number of carbonyl (C=O) groups is 2. The first-order valence-corrected chi connectivity index (χ1v) is 12.5. The number of hydrogen-bond donors (Lipinski definition) is 2. The van der Waals surface area contributed by atoms with Crippen molar-refractivity contribution >= 4 is 38.7 Å². The molecule has 0 spiro atoms. The summed E-state index contributed by atoms with van der Waals surface area (Å²) in [6, 6.07) is 14.3. The molecule has 5 nitrogen and oxygen atoms in total. The summed E-state index contributed by atoms with van der Waals surface area (Å²) in [5, 5.41) is 13.2. The van der Waals surface area contributed by atoms with E-state index in [1.807, 2.05) is 26.0 Å². The van der Waals surface area contributed by atoms with Crippen LogP contribution in [0.4, 0.5) is 4.39 Å². The molecule has 1 heterocycles. The quantitative estimate of drug-likeness (QED) is 0.394. The highest BCUT2D eigenvalue weighted by atomic mass is 79.9. The average molecular weight is 527 g/mol. The molecule has 178 valence electrons. The first-order chi connectivity index (χ1) is 16.3. The van der Waals surface area contributed by atoms with Gasteiger partial charge >= 0.3 is 5.97 Å². The summed E-state index contributed by atoms with van der Waals surface area (Å²) in [7, 11) is 0. The van der Waals surface area contributed by atoms with Crippen molar-refractivity contribution in [3.63, 3.8) is 0 Å². The summed E-state index contributed by atoms with van der Waals surface area (Å²) >= 11 is 3.41. The molecule has 7 heteroatoms. The molecule has 3 aliphatic carbocycles. The van der Waals surface area contributed by atoms with Crippen molar-refractivity contribution in [3.05, 3.63) is 64.4 Å². The van der Waals surface area contributed by atoms with Gasteiger partial charge in [0.2, 0.25) is 0 Å². The molecule has 0 aliphatic heterocycles. The van der Waals surface area contributed by atoms with Crippen molar-refractivity contribution in [2.75, 3.05) is 0 Å². The van der Waals surface area contributed by atoms with Crippen LogP contribution in [0.5, 0.6) is 0 Å². The fourth-order valence-electron chi connectivity index (χ4n) is 5.22. The maximum atomic E-state index is 15.8. The molecule has 1 aromatic heterocycles. The maximum Gasteiger partial charge on any atom is 0.309 e. The SMILES string of the molecule is CC.O=C(NC12CCC(C(=O)O)(CC1)CC2)c1c(F)c(-c2ccccc2)nc2ccc(Br)cc12. The number of fused-ring (bicyclic) bond motifs is 4. The van der Waals surface area contributed by atoms with Crippen molar-refractivity contribution in [1.29, 1.82) is 0 Å². The second-order valence-corrected chi connectivity index (χ2v) is 9.91. The zero-order chi connectivity index (χ0) is 24.5. The Bertz CT molecular complexity index is 1220. The van der Waals surface area contributed by atoms with E-state index in [-0.39, 0.29) is 11.3 Å². The number of carbonyl (C=O) groups excluding carboxylic acids is 1. The highest BCUT2D eigenvalue weighted by molar-refractivity contribution is 9.10. The second-order valence-electron chi connectivity index (χ2n) is 9.00. The van der Waals surface area contributed by atoms with Crippen LogP contribution in [0.1, 0.15) is 62.7 Å². The Kier molecular flexibility index (Phi) is 6.76. The standard InChI is InChI=1S/C25H22BrFN2O3.C2H6/c26-16-6-7-18-17(14-16)19(20(27)21(28-18)15-4-2-1-3-5-15)22(30)29-25-11-8-24(9-12-25,10-13-25)23(31)32;1-2/h1-7,14H,8-13H2,(H,29,30)(H,31,32);1-2H3. The number of pyridine rings is 1. The van der Waals surface area contributed by atoms with E-state index < -0.39 is 28.6 Å². The summed E-state index contributed by atoms with van der Waals surface area (Å²) in [4.78, 5) is 29.8. The molecule has 0 unspecified atom stereocenters. The lowest BCUT2D eigenvalue weighted by Gasteiger charge is -2.51. The van der Waals surface area contributed by atoms with E-state index in [4.69, 9.17) is 0 Å². The van der Waals surface area contributed by atoms with Crippen LogP contribution in [0, 0.1) is 11.2 Å². The van der Waals surface area contributed by atoms with Crippen molar-refractivity contribution in [2.24, 2.45) is 5.41 Å². The lowest BCUT2D eigenvalue weighted by molar-refractivity contribution is -0.156. The Balaban J connectivity index is 0.00000133.